The lowest BCUT2D eigenvalue weighted by Crippen LogP contribution is -2.32. The molecule has 5 heteroatoms. The molecule has 1 N–H and O–H groups in total. The first kappa shape index (κ1) is 15.4. The van der Waals surface area contributed by atoms with E-state index >= 15 is 0 Å². The lowest BCUT2D eigenvalue weighted by Gasteiger charge is -2.19. The first-order chi connectivity index (χ1) is 10.7. The molecular weight excluding hydrogens is 276 g/mol. The van der Waals surface area contributed by atoms with Crippen LogP contribution in [0.4, 0.5) is 0 Å². The molecule has 1 unspecified atom stereocenters. The molecule has 2 aliphatic rings. The third-order valence-electron chi connectivity index (χ3n) is 5.05. The van der Waals surface area contributed by atoms with Crippen LogP contribution in [0.15, 0.2) is 6.20 Å². The Bertz CT molecular complexity index is 531. The largest absolute Gasteiger partial charge is 0.356 e. The first-order valence-electron chi connectivity index (χ1n) is 8.53. The van der Waals surface area contributed by atoms with Gasteiger partial charge in [0.05, 0.1) is 18.3 Å². The Labute approximate surface area is 132 Å². The predicted octanol–water partition coefficient (Wildman–Crippen LogP) is 1.50. The van der Waals surface area contributed by atoms with Crippen molar-refractivity contribution < 1.29 is 4.79 Å². The Morgan fingerprint density at radius 3 is 3.05 bits per heavy atom. The zero-order valence-corrected chi connectivity index (χ0v) is 13.5. The molecule has 1 fully saturated rings. The van der Waals surface area contributed by atoms with Crippen molar-refractivity contribution in [2.45, 2.75) is 57.4 Å². The van der Waals surface area contributed by atoms with Crippen LogP contribution in [-0.2, 0) is 24.1 Å². The molecule has 1 amide bonds. The van der Waals surface area contributed by atoms with Crippen LogP contribution in [0.1, 0.15) is 48.9 Å². The number of aromatic nitrogens is 2. The second kappa shape index (κ2) is 7.18. The number of rotatable bonds is 5. The Morgan fingerprint density at radius 1 is 1.36 bits per heavy atom. The van der Waals surface area contributed by atoms with E-state index in [0.717, 1.165) is 31.5 Å². The van der Waals surface area contributed by atoms with Crippen LogP contribution in [0, 0.1) is 0 Å². The third-order valence-corrected chi connectivity index (χ3v) is 5.05. The van der Waals surface area contributed by atoms with Crippen LogP contribution in [0.25, 0.3) is 0 Å². The fourth-order valence-electron chi connectivity index (χ4n) is 3.71. The van der Waals surface area contributed by atoms with Gasteiger partial charge in [0.2, 0.25) is 5.91 Å². The second-order valence-electron chi connectivity index (χ2n) is 6.59. The van der Waals surface area contributed by atoms with E-state index in [1.54, 1.807) is 0 Å². The average Bonchev–Trinajstić information content (AvgIpc) is 2.93. The molecule has 3 rings (SSSR count). The maximum atomic E-state index is 12.2. The van der Waals surface area contributed by atoms with Gasteiger partial charge in [-0.15, -0.1) is 0 Å². The van der Waals surface area contributed by atoms with Crippen LogP contribution in [0.3, 0.4) is 0 Å². The maximum absolute atomic E-state index is 12.2. The normalized spacial score (nSPS) is 21.6. The van der Waals surface area contributed by atoms with E-state index in [1.807, 2.05) is 6.20 Å². The standard InChI is InChI=1S/C17H26N4O/c1-21-10-4-6-14(21)8-9-18-17(22)11-16-15-7-3-2-5-13(15)12-19-20-16/h12,14H,2-11H2,1H3,(H,18,22). The number of amides is 1. The Hall–Kier alpha value is -1.49. The summed E-state index contributed by atoms with van der Waals surface area (Å²) in [4.78, 5) is 14.6. The summed E-state index contributed by atoms with van der Waals surface area (Å²) in [6, 6.07) is 0.629. The van der Waals surface area contributed by atoms with Gasteiger partial charge in [-0.1, -0.05) is 0 Å². The highest BCUT2D eigenvalue weighted by Gasteiger charge is 2.21. The lowest BCUT2D eigenvalue weighted by atomic mass is 9.91. The number of hydrogen-bond acceptors (Lipinski definition) is 4. The number of fused-ring (bicyclic) bond motifs is 1. The van der Waals surface area contributed by atoms with Crippen LogP contribution in [0.2, 0.25) is 0 Å². The van der Waals surface area contributed by atoms with E-state index < -0.39 is 0 Å². The van der Waals surface area contributed by atoms with Crippen molar-refractivity contribution in [2.24, 2.45) is 0 Å². The molecule has 2 heterocycles. The van der Waals surface area contributed by atoms with Crippen molar-refractivity contribution in [3.05, 3.63) is 23.0 Å². The molecule has 0 bridgehead atoms. The van der Waals surface area contributed by atoms with E-state index in [2.05, 4.69) is 27.5 Å². The van der Waals surface area contributed by atoms with Crippen LogP contribution in [0.5, 0.6) is 0 Å². The quantitative estimate of drug-likeness (QED) is 0.895. The van der Waals surface area contributed by atoms with Crippen LogP contribution >= 0.6 is 0 Å². The Morgan fingerprint density at radius 2 is 2.23 bits per heavy atom. The van der Waals surface area contributed by atoms with Crippen molar-refractivity contribution in [2.75, 3.05) is 20.1 Å². The molecule has 0 spiro atoms. The van der Waals surface area contributed by atoms with Crippen molar-refractivity contribution in [1.82, 2.24) is 20.4 Å². The molecule has 1 aromatic rings. The van der Waals surface area contributed by atoms with Crippen molar-refractivity contribution in [3.63, 3.8) is 0 Å². The summed E-state index contributed by atoms with van der Waals surface area (Å²) in [5, 5.41) is 11.3. The van der Waals surface area contributed by atoms with Gasteiger partial charge in [0.1, 0.15) is 0 Å². The number of aryl methyl sites for hydroxylation is 1. The van der Waals surface area contributed by atoms with E-state index in [-0.39, 0.29) is 5.91 Å². The Balaban J connectivity index is 1.49. The minimum absolute atomic E-state index is 0.0777. The van der Waals surface area contributed by atoms with Gasteiger partial charge in [0.15, 0.2) is 0 Å². The fourth-order valence-corrected chi connectivity index (χ4v) is 3.71. The highest BCUT2D eigenvalue weighted by atomic mass is 16.1. The van der Waals surface area contributed by atoms with Crippen molar-refractivity contribution in [3.8, 4) is 0 Å². The van der Waals surface area contributed by atoms with E-state index in [0.29, 0.717) is 12.5 Å². The SMILES string of the molecule is CN1CCCC1CCNC(=O)Cc1nncc2c1CCCC2. The number of likely N-dealkylation sites (tertiary alicyclic amines) is 1. The lowest BCUT2D eigenvalue weighted by molar-refractivity contribution is -0.120. The summed E-state index contributed by atoms with van der Waals surface area (Å²) < 4.78 is 0. The summed E-state index contributed by atoms with van der Waals surface area (Å²) in [6.07, 6.45) is 10.3. The van der Waals surface area contributed by atoms with Gasteiger partial charge in [-0.25, -0.2) is 0 Å². The number of carbonyl (C=O) groups excluding carboxylic acids is 1. The van der Waals surface area contributed by atoms with Gasteiger partial charge in [-0.3, -0.25) is 4.79 Å². The first-order valence-corrected chi connectivity index (χ1v) is 8.53. The molecule has 0 aromatic carbocycles. The molecular formula is C17H26N4O. The monoisotopic (exact) mass is 302 g/mol. The van der Waals surface area contributed by atoms with Gasteiger partial charge >= 0.3 is 0 Å². The molecule has 22 heavy (non-hydrogen) atoms. The molecule has 1 aliphatic carbocycles. The summed E-state index contributed by atoms with van der Waals surface area (Å²) in [5.74, 6) is 0.0777. The highest BCUT2D eigenvalue weighted by molar-refractivity contribution is 5.78. The van der Waals surface area contributed by atoms with Gasteiger partial charge in [0.25, 0.3) is 0 Å². The minimum Gasteiger partial charge on any atom is -0.356 e. The number of hydrogen-bond donors (Lipinski definition) is 1. The van der Waals surface area contributed by atoms with Gasteiger partial charge in [-0.2, -0.15) is 10.2 Å². The van der Waals surface area contributed by atoms with E-state index in [1.165, 1.54) is 43.4 Å². The van der Waals surface area contributed by atoms with Gasteiger partial charge < -0.3 is 10.2 Å². The molecule has 1 aromatic heterocycles. The summed E-state index contributed by atoms with van der Waals surface area (Å²) >= 11 is 0. The van der Waals surface area contributed by atoms with Crippen LogP contribution < -0.4 is 5.32 Å². The molecule has 0 saturated carbocycles. The molecule has 5 nitrogen and oxygen atoms in total. The highest BCUT2D eigenvalue weighted by Crippen LogP contribution is 2.22. The zero-order chi connectivity index (χ0) is 15.4. The molecule has 120 valence electrons. The minimum atomic E-state index is 0.0777. The summed E-state index contributed by atoms with van der Waals surface area (Å²) in [7, 11) is 2.17. The smallest absolute Gasteiger partial charge is 0.226 e. The van der Waals surface area contributed by atoms with Crippen molar-refractivity contribution in [1.29, 1.82) is 0 Å². The predicted molar refractivity (Wildman–Crippen MR) is 85.7 cm³/mol. The topological polar surface area (TPSA) is 58.1 Å². The average molecular weight is 302 g/mol. The van der Waals surface area contributed by atoms with E-state index in [4.69, 9.17) is 0 Å². The summed E-state index contributed by atoms with van der Waals surface area (Å²) in [5.41, 5.74) is 3.44. The second-order valence-corrected chi connectivity index (χ2v) is 6.59. The molecule has 1 atom stereocenters. The number of nitrogens with one attached hydrogen (secondary N) is 1. The zero-order valence-electron chi connectivity index (χ0n) is 13.5. The summed E-state index contributed by atoms with van der Waals surface area (Å²) in [6.45, 7) is 1.95. The fraction of sp³-hybridized carbons (Fsp3) is 0.706. The van der Waals surface area contributed by atoms with Crippen molar-refractivity contribution >= 4 is 5.91 Å². The maximum Gasteiger partial charge on any atom is 0.226 e. The van der Waals surface area contributed by atoms with Gasteiger partial charge in [0, 0.05) is 12.6 Å². The Kier molecular flexibility index (Phi) is 5.03. The van der Waals surface area contributed by atoms with Gasteiger partial charge in [-0.05, 0) is 69.7 Å². The third kappa shape index (κ3) is 3.64. The van der Waals surface area contributed by atoms with E-state index in [9.17, 15) is 4.79 Å². The molecule has 1 aliphatic heterocycles. The molecule has 0 radical (unpaired) electrons. The number of carbonyl (C=O) groups is 1. The number of nitrogens with zero attached hydrogens (tertiary/aromatic N) is 3. The molecule has 1 saturated heterocycles. The van der Waals surface area contributed by atoms with Crippen LogP contribution in [-0.4, -0.2) is 47.2 Å².